The number of nitrogens with one attached hydrogen (secondary N) is 1. The lowest BCUT2D eigenvalue weighted by molar-refractivity contribution is 0.0695. The molecule has 0 aliphatic heterocycles. The maximum Gasteiger partial charge on any atom is 0.336 e. The van der Waals surface area contributed by atoms with Gasteiger partial charge in [-0.25, -0.2) is 17.9 Å². The smallest absolute Gasteiger partial charge is 0.336 e. The topological polar surface area (TPSA) is 122 Å². The van der Waals surface area contributed by atoms with Gasteiger partial charge in [0.25, 0.3) is 10.0 Å². The van der Waals surface area contributed by atoms with Crippen LogP contribution in [-0.2, 0) is 10.0 Å². The van der Waals surface area contributed by atoms with Crippen LogP contribution in [0.25, 0.3) is 0 Å². The molecule has 0 saturated carbocycles. The molecule has 21 heavy (non-hydrogen) atoms. The van der Waals surface area contributed by atoms with Crippen molar-refractivity contribution in [3.05, 3.63) is 33.6 Å². The quantitative estimate of drug-likeness (QED) is 0.836. The van der Waals surface area contributed by atoms with E-state index in [1.165, 1.54) is 13.0 Å². The van der Waals surface area contributed by atoms with Crippen LogP contribution in [0.1, 0.15) is 21.7 Å². The Bertz CT molecular complexity index is 815. The largest absolute Gasteiger partial charge is 0.478 e. The number of benzene rings is 1. The Morgan fingerprint density at radius 1 is 1.38 bits per heavy atom. The first-order valence-electron chi connectivity index (χ1n) is 5.57. The predicted molar refractivity (Wildman–Crippen MR) is 75.7 cm³/mol. The SMILES string of the molecule is Cc1noc(NS(=O)(=O)c2cc(Br)c(C)c(C(=O)O)c2)n1. The number of rotatable bonds is 4. The van der Waals surface area contributed by atoms with Crippen LogP contribution in [0.3, 0.4) is 0 Å². The van der Waals surface area contributed by atoms with Gasteiger partial charge in [0.15, 0.2) is 5.82 Å². The molecule has 2 rings (SSSR count). The van der Waals surface area contributed by atoms with Crippen molar-refractivity contribution < 1.29 is 22.8 Å². The van der Waals surface area contributed by atoms with Gasteiger partial charge in [0.05, 0.1) is 10.5 Å². The summed E-state index contributed by atoms with van der Waals surface area (Å²) >= 11 is 3.14. The number of carboxylic acids is 1. The summed E-state index contributed by atoms with van der Waals surface area (Å²) in [6, 6.07) is 2.07. The highest BCUT2D eigenvalue weighted by Gasteiger charge is 2.22. The van der Waals surface area contributed by atoms with Gasteiger partial charge in [-0.05, 0) is 31.5 Å². The molecular formula is C11H10BrN3O5S. The number of hydrogen-bond donors (Lipinski definition) is 2. The Kier molecular flexibility index (Phi) is 4.01. The third-order valence-corrected chi connectivity index (χ3v) is 4.73. The highest BCUT2D eigenvalue weighted by molar-refractivity contribution is 9.10. The molecule has 0 amide bonds. The minimum atomic E-state index is -4.03. The van der Waals surface area contributed by atoms with Crippen LogP contribution < -0.4 is 4.72 Å². The molecule has 0 aliphatic carbocycles. The first-order chi connectivity index (χ1) is 9.70. The van der Waals surface area contributed by atoms with Crippen LogP contribution in [0, 0.1) is 13.8 Å². The highest BCUT2D eigenvalue weighted by Crippen LogP contribution is 2.26. The van der Waals surface area contributed by atoms with E-state index in [-0.39, 0.29) is 22.3 Å². The predicted octanol–water partition coefficient (Wildman–Crippen LogP) is 1.95. The standard InChI is InChI=1S/C11H10BrN3O5S/c1-5-8(10(16)17)3-7(4-9(5)12)21(18,19)15-11-13-6(2)14-20-11/h3-4H,1-2H3,(H,16,17)(H,13,14,15). The van der Waals surface area contributed by atoms with Gasteiger partial charge in [0.2, 0.25) is 0 Å². The van der Waals surface area contributed by atoms with Gasteiger partial charge in [0, 0.05) is 4.47 Å². The number of nitrogens with zero attached hydrogens (tertiary/aromatic N) is 2. The van der Waals surface area contributed by atoms with Crippen molar-refractivity contribution in [1.29, 1.82) is 0 Å². The molecule has 10 heteroatoms. The molecule has 0 bridgehead atoms. The summed E-state index contributed by atoms with van der Waals surface area (Å²) in [6.07, 6.45) is 0. The lowest BCUT2D eigenvalue weighted by Gasteiger charge is -2.09. The fraction of sp³-hybridized carbons (Fsp3) is 0.182. The second-order valence-electron chi connectivity index (χ2n) is 4.14. The van der Waals surface area contributed by atoms with Crippen LogP contribution in [0.5, 0.6) is 0 Å². The van der Waals surface area contributed by atoms with Gasteiger partial charge in [-0.3, -0.25) is 0 Å². The third-order valence-electron chi connectivity index (χ3n) is 2.61. The Hall–Kier alpha value is -1.94. The van der Waals surface area contributed by atoms with E-state index in [1.807, 2.05) is 0 Å². The van der Waals surface area contributed by atoms with Gasteiger partial charge in [-0.15, -0.1) is 0 Å². The molecule has 0 atom stereocenters. The zero-order chi connectivity index (χ0) is 15.8. The van der Waals surface area contributed by atoms with Crippen LogP contribution >= 0.6 is 15.9 Å². The van der Waals surface area contributed by atoms with E-state index in [0.29, 0.717) is 10.0 Å². The van der Waals surface area contributed by atoms with Gasteiger partial charge in [0.1, 0.15) is 0 Å². The van der Waals surface area contributed by atoms with Gasteiger partial charge in [-0.2, -0.15) is 4.98 Å². The molecule has 112 valence electrons. The number of aromatic carboxylic acids is 1. The zero-order valence-electron chi connectivity index (χ0n) is 10.9. The fourth-order valence-corrected chi connectivity index (χ4v) is 3.13. The maximum absolute atomic E-state index is 12.2. The molecule has 1 aromatic heterocycles. The van der Waals surface area contributed by atoms with E-state index in [4.69, 9.17) is 5.11 Å². The minimum absolute atomic E-state index is 0.119. The summed E-state index contributed by atoms with van der Waals surface area (Å²) in [5.74, 6) is -0.956. The van der Waals surface area contributed by atoms with Crippen molar-refractivity contribution in [2.75, 3.05) is 4.72 Å². The van der Waals surface area contributed by atoms with E-state index in [0.717, 1.165) is 6.07 Å². The van der Waals surface area contributed by atoms with E-state index in [9.17, 15) is 13.2 Å². The van der Waals surface area contributed by atoms with Gasteiger partial charge in [-0.1, -0.05) is 21.1 Å². The van der Waals surface area contributed by atoms with E-state index < -0.39 is 16.0 Å². The van der Waals surface area contributed by atoms with Crippen molar-refractivity contribution in [3.63, 3.8) is 0 Å². The third kappa shape index (κ3) is 3.22. The van der Waals surface area contributed by atoms with Crippen LogP contribution in [0.4, 0.5) is 6.01 Å². The number of aryl methyl sites for hydroxylation is 1. The van der Waals surface area contributed by atoms with Crippen molar-refractivity contribution in [2.45, 2.75) is 18.7 Å². The Labute approximate surface area is 128 Å². The first-order valence-corrected chi connectivity index (χ1v) is 7.85. The number of carboxylic acid groups (broad SMARTS) is 1. The number of carbonyl (C=O) groups is 1. The first kappa shape index (κ1) is 15.4. The minimum Gasteiger partial charge on any atom is -0.478 e. The van der Waals surface area contributed by atoms with Gasteiger partial charge < -0.3 is 9.63 Å². The number of anilines is 1. The van der Waals surface area contributed by atoms with E-state index in [1.54, 1.807) is 6.92 Å². The number of sulfonamides is 1. The van der Waals surface area contributed by atoms with Crippen molar-refractivity contribution in [3.8, 4) is 0 Å². The summed E-state index contributed by atoms with van der Waals surface area (Å²) < 4.78 is 31.5. The second-order valence-corrected chi connectivity index (χ2v) is 6.67. The summed E-state index contributed by atoms with van der Waals surface area (Å²) in [7, 11) is -4.03. The summed E-state index contributed by atoms with van der Waals surface area (Å²) in [4.78, 5) is 14.6. The lowest BCUT2D eigenvalue weighted by Crippen LogP contribution is -2.15. The molecule has 0 saturated heterocycles. The molecule has 0 fully saturated rings. The molecule has 2 aromatic rings. The fourth-order valence-electron chi connectivity index (χ4n) is 1.54. The van der Waals surface area contributed by atoms with Crippen LogP contribution in [-0.4, -0.2) is 29.6 Å². The van der Waals surface area contributed by atoms with E-state index >= 15 is 0 Å². The molecule has 0 aliphatic rings. The molecule has 1 aromatic carbocycles. The molecule has 2 N–H and O–H groups in total. The average molecular weight is 376 g/mol. The Morgan fingerprint density at radius 3 is 2.57 bits per heavy atom. The summed E-state index contributed by atoms with van der Waals surface area (Å²) in [5.41, 5.74) is 0.307. The normalized spacial score (nSPS) is 11.4. The van der Waals surface area contributed by atoms with Crippen molar-refractivity contribution in [1.82, 2.24) is 10.1 Å². The van der Waals surface area contributed by atoms with Crippen molar-refractivity contribution in [2.24, 2.45) is 0 Å². The highest BCUT2D eigenvalue weighted by atomic mass is 79.9. The number of aromatic nitrogens is 2. The molecule has 0 spiro atoms. The molecule has 0 radical (unpaired) electrons. The monoisotopic (exact) mass is 375 g/mol. The Balaban J connectivity index is 2.47. The van der Waals surface area contributed by atoms with Crippen LogP contribution in [0.2, 0.25) is 0 Å². The number of hydrogen-bond acceptors (Lipinski definition) is 6. The van der Waals surface area contributed by atoms with E-state index in [2.05, 4.69) is 35.3 Å². The average Bonchev–Trinajstić information content (AvgIpc) is 2.76. The van der Waals surface area contributed by atoms with Crippen LogP contribution in [0.15, 0.2) is 26.0 Å². The molecule has 1 heterocycles. The van der Waals surface area contributed by atoms with Crippen molar-refractivity contribution >= 4 is 37.9 Å². The van der Waals surface area contributed by atoms with Gasteiger partial charge >= 0.3 is 12.0 Å². The lowest BCUT2D eigenvalue weighted by atomic mass is 10.1. The summed E-state index contributed by atoms with van der Waals surface area (Å²) in [5, 5.41) is 12.6. The zero-order valence-corrected chi connectivity index (χ0v) is 13.3. The maximum atomic E-state index is 12.2. The molecule has 8 nitrogen and oxygen atoms in total. The summed E-state index contributed by atoms with van der Waals surface area (Å²) in [6.45, 7) is 3.10. The molecule has 0 unspecified atom stereocenters. The molecular weight excluding hydrogens is 366 g/mol. The Morgan fingerprint density at radius 2 is 2.05 bits per heavy atom. The number of halogens is 1. The second kappa shape index (κ2) is 5.45.